The zero-order chi connectivity index (χ0) is 29.3. The first-order chi connectivity index (χ1) is 19.6. The maximum atomic E-state index is 13.8. The summed E-state index contributed by atoms with van der Waals surface area (Å²) in [7, 11) is 1.76. The number of thiazole rings is 1. The standard InChI is InChI=1S/C28H22Cl2N6O2S3/c1-16-22(26(38)36(34(16)2)21-6-4-3-5-7-21)32-25(37)23-24(33-27(39)31-19-12-8-17(29)9-13-19)35(28(40)41-23)20-14-10-18(30)11-15-20/h3-15H,1-2H3,(H,32,37)(H2,31,33,39). The number of thiocarbonyl (C=S) groups is 1. The number of para-hydroxylation sites is 1. The van der Waals surface area contributed by atoms with Crippen LogP contribution in [-0.4, -0.2) is 25.0 Å². The fraction of sp³-hybridized carbons (Fsp3) is 0.0714. The van der Waals surface area contributed by atoms with Gasteiger partial charge in [0, 0.05) is 28.5 Å². The summed E-state index contributed by atoms with van der Waals surface area (Å²) >= 11 is 24.5. The van der Waals surface area contributed by atoms with Gasteiger partial charge in [0.25, 0.3) is 11.5 Å². The number of carbonyl (C=O) groups is 1. The van der Waals surface area contributed by atoms with Crippen LogP contribution < -0.4 is 21.5 Å². The van der Waals surface area contributed by atoms with E-state index in [0.717, 1.165) is 11.3 Å². The van der Waals surface area contributed by atoms with Crippen molar-refractivity contribution in [1.82, 2.24) is 13.9 Å². The van der Waals surface area contributed by atoms with E-state index in [-0.39, 0.29) is 21.2 Å². The van der Waals surface area contributed by atoms with Crippen molar-refractivity contribution in [3.63, 3.8) is 0 Å². The van der Waals surface area contributed by atoms with E-state index < -0.39 is 5.91 Å². The van der Waals surface area contributed by atoms with Gasteiger partial charge in [-0.3, -0.25) is 18.8 Å². The molecule has 0 aliphatic heterocycles. The molecule has 3 aromatic carbocycles. The van der Waals surface area contributed by atoms with Gasteiger partial charge in [-0.1, -0.05) is 52.7 Å². The van der Waals surface area contributed by atoms with Crippen LogP contribution in [0.5, 0.6) is 0 Å². The second-order valence-corrected chi connectivity index (χ2v) is 11.8. The molecule has 5 aromatic rings. The van der Waals surface area contributed by atoms with Crippen molar-refractivity contribution < 1.29 is 4.79 Å². The van der Waals surface area contributed by atoms with Gasteiger partial charge in [-0.25, -0.2) is 4.68 Å². The summed E-state index contributed by atoms with van der Waals surface area (Å²) in [6.45, 7) is 1.77. The molecule has 0 aliphatic carbocycles. The van der Waals surface area contributed by atoms with Crippen LogP contribution in [0.3, 0.4) is 0 Å². The van der Waals surface area contributed by atoms with Crippen LogP contribution in [0.25, 0.3) is 11.4 Å². The molecule has 0 unspecified atom stereocenters. The van der Waals surface area contributed by atoms with E-state index in [9.17, 15) is 9.59 Å². The molecule has 0 saturated heterocycles. The average Bonchev–Trinajstić information content (AvgIpc) is 3.38. The van der Waals surface area contributed by atoms with Crippen molar-refractivity contribution in [3.8, 4) is 11.4 Å². The van der Waals surface area contributed by atoms with Crippen molar-refractivity contribution >= 4 is 87.2 Å². The van der Waals surface area contributed by atoms with Crippen molar-refractivity contribution in [1.29, 1.82) is 0 Å². The molecule has 5 rings (SSSR count). The van der Waals surface area contributed by atoms with E-state index in [2.05, 4.69) is 16.0 Å². The molecule has 13 heteroatoms. The third-order valence-corrected chi connectivity index (χ3v) is 8.31. The molecule has 208 valence electrons. The summed E-state index contributed by atoms with van der Waals surface area (Å²) in [5, 5.41) is 10.4. The number of benzene rings is 3. The molecule has 0 aliphatic rings. The molecule has 8 nitrogen and oxygen atoms in total. The lowest BCUT2D eigenvalue weighted by Crippen LogP contribution is -2.25. The molecular weight excluding hydrogens is 619 g/mol. The van der Waals surface area contributed by atoms with Gasteiger partial charge in [-0.05, 0) is 92.0 Å². The minimum Gasteiger partial charge on any atom is -0.332 e. The highest BCUT2D eigenvalue weighted by molar-refractivity contribution is 7.80. The summed E-state index contributed by atoms with van der Waals surface area (Å²) in [4.78, 5) is 27.4. The first-order valence-corrected chi connectivity index (χ1v) is 14.5. The largest absolute Gasteiger partial charge is 0.332 e. The summed E-state index contributed by atoms with van der Waals surface area (Å²) in [6.07, 6.45) is 0. The molecule has 2 aromatic heterocycles. The molecule has 0 bridgehead atoms. The third kappa shape index (κ3) is 5.99. The number of halogens is 2. The molecule has 2 heterocycles. The van der Waals surface area contributed by atoms with Crippen LogP contribution in [0.2, 0.25) is 10.0 Å². The molecule has 3 N–H and O–H groups in total. The fourth-order valence-electron chi connectivity index (χ4n) is 4.15. The predicted octanol–water partition coefficient (Wildman–Crippen LogP) is 7.43. The fourth-order valence-corrected chi connectivity index (χ4v) is 5.91. The van der Waals surface area contributed by atoms with Crippen LogP contribution >= 0.6 is 59.0 Å². The van der Waals surface area contributed by atoms with Gasteiger partial charge in [0.15, 0.2) is 9.07 Å². The molecule has 0 radical (unpaired) electrons. The Morgan fingerprint density at radius 1 is 0.854 bits per heavy atom. The van der Waals surface area contributed by atoms with Gasteiger partial charge < -0.3 is 16.0 Å². The van der Waals surface area contributed by atoms with Crippen LogP contribution in [0, 0.1) is 10.9 Å². The Kier molecular flexibility index (Phi) is 8.43. The number of hydrogen-bond donors (Lipinski definition) is 3. The molecule has 0 atom stereocenters. The maximum absolute atomic E-state index is 13.8. The summed E-state index contributed by atoms with van der Waals surface area (Å²) in [5.74, 6) is -0.181. The number of nitrogens with zero attached hydrogens (tertiary/aromatic N) is 3. The van der Waals surface area contributed by atoms with Crippen LogP contribution in [-0.2, 0) is 7.05 Å². The lowest BCUT2D eigenvalue weighted by atomic mass is 10.3. The highest BCUT2D eigenvalue weighted by Gasteiger charge is 2.25. The highest BCUT2D eigenvalue weighted by Crippen LogP contribution is 2.31. The Labute approximate surface area is 259 Å². The zero-order valence-electron chi connectivity index (χ0n) is 21.6. The summed E-state index contributed by atoms with van der Waals surface area (Å²) < 4.78 is 5.27. The normalized spacial score (nSPS) is 10.8. The first kappa shape index (κ1) is 28.8. The van der Waals surface area contributed by atoms with Gasteiger partial charge in [-0.2, -0.15) is 0 Å². The number of anilines is 3. The molecule has 0 fully saturated rings. The molecule has 0 spiro atoms. The molecule has 1 amide bonds. The van der Waals surface area contributed by atoms with Crippen LogP contribution in [0.1, 0.15) is 15.4 Å². The number of nitrogens with one attached hydrogen (secondary N) is 3. The van der Waals surface area contributed by atoms with E-state index >= 15 is 0 Å². The number of rotatable bonds is 6. The second-order valence-electron chi connectivity index (χ2n) is 8.83. The summed E-state index contributed by atoms with van der Waals surface area (Å²) in [5.41, 5.74) is 2.43. The average molecular weight is 642 g/mol. The maximum Gasteiger partial charge on any atom is 0.295 e. The SMILES string of the molecule is Cc1c(NC(=O)c2sc(=S)n(-c3ccc(Cl)cc3)c2NC(=S)Nc2ccc(Cl)cc2)c(=O)n(-c2ccccc2)n1C. The number of hydrogen-bond acceptors (Lipinski definition) is 5. The Balaban J connectivity index is 1.53. The Bertz CT molecular complexity index is 1880. The van der Waals surface area contributed by atoms with Gasteiger partial charge in [0.05, 0.1) is 11.4 Å². The van der Waals surface area contributed by atoms with Gasteiger partial charge in [-0.15, -0.1) is 0 Å². The van der Waals surface area contributed by atoms with Crippen molar-refractivity contribution in [2.45, 2.75) is 6.92 Å². The van der Waals surface area contributed by atoms with Gasteiger partial charge >= 0.3 is 0 Å². The van der Waals surface area contributed by atoms with Crippen LogP contribution in [0.15, 0.2) is 83.7 Å². The minimum atomic E-state index is -0.517. The lowest BCUT2D eigenvalue weighted by Gasteiger charge is -2.15. The van der Waals surface area contributed by atoms with E-state index in [4.69, 9.17) is 47.6 Å². The summed E-state index contributed by atoms with van der Waals surface area (Å²) in [6, 6.07) is 23.2. The van der Waals surface area contributed by atoms with Gasteiger partial charge in [0.2, 0.25) is 0 Å². The van der Waals surface area contributed by atoms with E-state index in [1.165, 1.54) is 4.68 Å². The molecule has 0 saturated carbocycles. The number of aromatic nitrogens is 3. The first-order valence-electron chi connectivity index (χ1n) is 12.1. The second kappa shape index (κ2) is 12.0. The lowest BCUT2D eigenvalue weighted by molar-refractivity contribution is 0.103. The monoisotopic (exact) mass is 640 g/mol. The van der Waals surface area contributed by atoms with E-state index in [1.54, 1.807) is 71.8 Å². The predicted molar refractivity (Wildman–Crippen MR) is 174 cm³/mol. The number of carbonyl (C=O) groups excluding carboxylic acids is 1. The van der Waals surface area contributed by atoms with Crippen molar-refractivity contribution in [2.24, 2.45) is 7.05 Å². The van der Waals surface area contributed by atoms with Crippen molar-refractivity contribution in [2.75, 3.05) is 16.0 Å². The molecular formula is C28H22Cl2N6O2S3. The Morgan fingerprint density at radius 3 is 2.10 bits per heavy atom. The topological polar surface area (TPSA) is 85.0 Å². The Morgan fingerprint density at radius 2 is 1.46 bits per heavy atom. The zero-order valence-corrected chi connectivity index (χ0v) is 25.6. The quantitative estimate of drug-likeness (QED) is 0.167. The molecule has 41 heavy (non-hydrogen) atoms. The van der Waals surface area contributed by atoms with E-state index in [0.29, 0.717) is 42.6 Å². The highest BCUT2D eigenvalue weighted by atomic mass is 35.5. The Hall–Kier alpha value is -3.74. The van der Waals surface area contributed by atoms with Crippen molar-refractivity contribution in [3.05, 3.63) is 114 Å². The minimum absolute atomic E-state index is 0.159. The third-order valence-electron chi connectivity index (χ3n) is 6.23. The number of amides is 1. The van der Waals surface area contributed by atoms with Gasteiger partial charge in [0.1, 0.15) is 16.4 Å². The smallest absolute Gasteiger partial charge is 0.295 e. The van der Waals surface area contributed by atoms with Crippen LogP contribution in [0.4, 0.5) is 17.2 Å². The van der Waals surface area contributed by atoms with E-state index in [1.807, 2.05) is 30.3 Å².